The largest absolute Gasteiger partial charge is 0.493 e. The SMILES string of the molecule is COc1ccc(NC(=O)C(C)SC2CCCCC2)cc1OC. The molecule has 1 aromatic carbocycles. The molecule has 1 aliphatic carbocycles. The second-order valence-corrected chi connectivity index (χ2v) is 7.24. The zero-order valence-electron chi connectivity index (χ0n) is 13.6. The number of carbonyl (C=O) groups excluding carboxylic acids is 1. The highest BCUT2D eigenvalue weighted by molar-refractivity contribution is 8.01. The van der Waals surface area contributed by atoms with E-state index in [0.717, 1.165) is 5.69 Å². The maximum atomic E-state index is 12.3. The Morgan fingerprint density at radius 1 is 1.18 bits per heavy atom. The van der Waals surface area contributed by atoms with Crippen LogP contribution >= 0.6 is 11.8 Å². The van der Waals surface area contributed by atoms with Crippen molar-refractivity contribution >= 4 is 23.4 Å². The number of rotatable bonds is 6. The molecule has 0 aliphatic heterocycles. The molecular weight excluding hydrogens is 298 g/mol. The van der Waals surface area contributed by atoms with Gasteiger partial charge >= 0.3 is 0 Å². The molecule has 1 atom stereocenters. The normalized spacial score (nSPS) is 16.9. The van der Waals surface area contributed by atoms with Crippen LogP contribution in [0.25, 0.3) is 0 Å². The van der Waals surface area contributed by atoms with Crippen LogP contribution in [0, 0.1) is 0 Å². The van der Waals surface area contributed by atoms with Crippen LogP contribution in [0.2, 0.25) is 0 Å². The lowest BCUT2D eigenvalue weighted by Gasteiger charge is -2.24. The first kappa shape index (κ1) is 17.0. The minimum atomic E-state index is -0.0452. The van der Waals surface area contributed by atoms with Gasteiger partial charge in [0.1, 0.15) is 0 Å². The van der Waals surface area contributed by atoms with Crippen LogP contribution in [0.1, 0.15) is 39.0 Å². The smallest absolute Gasteiger partial charge is 0.237 e. The lowest BCUT2D eigenvalue weighted by atomic mass is 10.0. The van der Waals surface area contributed by atoms with Crippen LogP contribution in [0.15, 0.2) is 18.2 Å². The average Bonchev–Trinajstić information content (AvgIpc) is 2.55. The summed E-state index contributed by atoms with van der Waals surface area (Å²) >= 11 is 1.80. The third-order valence-corrected chi connectivity index (χ3v) is 5.45. The predicted molar refractivity (Wildman–Crippen MR) is 92.1 cm³/mol. The molecule has 0 spiro atoms. The summed E-state index contributed by atoms with van der Waals surface area (Å²) in [5.41, 5.74) is 0.735. The van der Waals surface area contributed by atoms with Crippen molar-refractivity contribution in [3.05, 3.63) is 18.2 Å². The minimum absolute atomic E-state index is 0.0443. The van der Waals surface area contributed by atoms with Crippen LogP contribution in [0.3, 0.4) is 0 Å². The van der Waals surface area contributed by atoms with Crippen molar-refractivity contribution in [2.45, 2.75) is 49.5 Å². The molecule has 2 rings (SSSR count). The van der Waals surface area contributed by atoms with Gasteiger partial charge in [-0.05, 0) is 31.9 Å². The maximum Gasteiger partial charge on any atom is 0.237 e. The number of benzene rings is 1. The Balaban J connectivity index is 1.92. The van der Waals surface area contributed by atoms with Crippen LogP contribution in [-0.2, 0) is 4.79 Å². The van der Waals surface area contributed by atoms with Gasteiger partial charge in [-0.25, -0.2) is 0 Å². The lowest BCUT2D eigenvalue weighted by Crippen LogP contribution is -2.25. The summed E-state index contributed by atoms with van der Waals surface area (Å²) in [5, 5.41) is 3.54. The minimum Gasteiger partial charge on any atom is -0.493 e. The topological polar surface area (TPSA) is 47.6 Å². The molecule has 1 aromatic rings. The second kappa shape index (κ2) is 8.32. The molecule has 1 fully saturated rings. The van der Waals surface area contributed by atoms with E-state index in [4.69, 9.17) is 9.47 Å². The summed E-state index contributed by atoms with van der Waals surface area (Å²) in [6, 6.07) is 5.42. The molecule has 0 heterocycles. The number of hydrogen-bond donors (Lipinski definition) is 1. The molecule has 5 heteroatoms. The van der Waals surface area contributed by atoms with Gasteiger partial charge in [-0.3, -0.25) is 4.79 Å². The van der Waals surface area contributed by atoms with E-state index in [-0.39, 0.29) is 11.2 Å². The van der Waals surface area contributed by atoms with E-state index in [9.17, 15) is 4.79 Å². The van der Waals surface area contributed by atoms with Crippen LogP contribution < -0.4 is 14.8 Å². The van der Waals surface area contributed by atoms with Gasteiger partial charge in [0.25, 0.3) is 0 Å². The Hall–Kier alpha value is -1.36. The number of methoxy groups -OCH3 is 2. The molecule has 1 unspecified atom stereocenters. The Kier molecular flexibility index (Phi) is 6.43. The third-order valence-electron chi connectivity index (χ3n) is 3.97. The van der Waals surface area contributed by atoms with E-state index in [0.29, 0.717) is 16.7 Å². The van der Waals surface area contributed by atoms with Crippen molar-refractivity contribution in [3.8, 4) is 11.5 Å². The van der Waals surface area contributed by atoms with Crippen molar-refractivity contribution in [2.24, 2.45) is 0 Å². The monoisotopic (exact) mass is 323 g/mol. The molecule has 0 aromatic heterocycles. The van der Waals surface area contributed by atoms with Crippen molar-refractivity contribution in [1.29, 1.82) is 0 Å². The molecule has 122 valence electrons. The number of hydrogen-bond acceptors (Lipinski definition) is 4. The Labute approximate surface area is 137 Å². The van der Waals surface area contributed by atoms with Gasteiger partial charge in [-0.2, -0.15) is 0 Å². The number of carbonyl (C=O) groups is 1. The molecule has 1 saturated carbocycles. The van der Waals surface area contributed by atoms with Gasteiger partial charge in [0, 0.05) is 17.0 Å². The van der Waals surface area contributed by atoms with Gasteiger partial charge in [-0.1, -0.05) is 19.3 Å². The van der Waals surface area contributed by atoms with Crippen LogP contribution in [0.4, 0.5) is 5.69 Å². The fourth-order valence-electron chi connectivity index (χ4n) is 2.71. The fraction of sp³-hybridized carbons (Fsp3) is 0.588. The maximum absolute atomic E-state index is 12.3. The summed E-state index contributed by atoms with van der Waals surface area (Å²) in [6.07, 6.45) is 6.39. The fourth-order valence-corrected chi connectivity index (χ4v) is 4.07. The third kappa shape index (κ3) is 4.57. The zero-order chi connectivity index (χ0) is 15.9. The van der Waals surface area contributed by atoms with E-state index in [1.54, 1.807) is 38.1 Å². The first-order chi connectivity index (χ1) is 10.6. The number of nitrogens with one attached hydrogen (secondary N) is 1. The molecule has 1 aliphatic rings. The second-order valence-electron chi connectivity index (χ2n) is 5.60. The van der Waals surface area contributed by atoms with Gasteiger partial charge in [0.05, 0.1) is 19.5 Å². The van der Waals surface area contributed by atoms with Crippen LogP contribution in [0.5, 0.6) is 11.5 Å². The number of amides is 1. The van der Waals surface area contributed by atoms with Gasteiger partial charge in [0.2, 0.25) is 5.91 Å². The Morgan fingerprint density at radius 3 is 2.50 bits per heavy atom. The summed E-state index contributed by atoms with van der Waals surface area (Å²) < 4.78 is 10.5. The van der Waals surface area contributed by atoms with E-state index in [1.807, 2.05) is 13.0 Å². The molecule has 22 heavy (non-hydrogen) atoms. The number of thioether (sulfide) groups is 1. The van der Waals surface area contributed by atoms with E-state index in [2.05, 4.69) is 5.32 Å². The van der Waals surface area contributed by atoms with Gasteiger partial charge < -0.3 is 14.8 Å². The van der Waals surface area contributed by atoms with E-state index < -0.39 is 0 Å². The molecular formula is C17H25NO3S. The first-order valence-electron chi connectivity index (χ1n) is 7.82. The predicted octanol–water partition coefficient (Wildman–Crippen LogP) is 4.10. The molecule has 1 amide bonds. The van der Waals surface area contributed by atoms with E-state index >= 15 is 0 Å². The van der Waals surface area contributed by atoms with Gasteiger partial charge in [0.15, 0.2) is 11.5 Å². The molecule has 1 N–H and O–H groups in total. The molecule has 4 nitrogen and oxygen atoms in total. The van der Waals surface area contributed by atoms with Crippen molar-refractivity contribution in [3.63, 3.8) is 0 Å². The number of anilines is 1. The van der Waals surface area contributed by atoms with Crippen molar-refractivity contribution in [1.82, 2.24) is 0 Å². The van der Waals surface area contributed by atoms with Crippen molar-refractivity contribution in [2.75, 3.05) is 19.5 Å². The van der Waals surface area contributed by atoms with Crippen LogP contribution in [-0.4, -0.2) is 30.6 Å². The summed E-state index contributed by atoms with van der Waals surface area (Å²) in [7, 11) is 3.18. The lowest BCUT2D eigenvalue weighted by molar-refractivity contribution is -0.115. The molecule has 0 saturated heterocycles. The van der Waals surface area contributed by atoms with Gasteiger partial charge in [-0.15, -0.1) is 11.8 Å². The Bertz CT molecular complexity index is 501. The van der Waals surface area contributed by atoms with Crippen molar-refractivity contribution < 1.29 is 14.3 Å². The average molecular weight is 323 g/mol. The quantitative estimate of drug-likeness (QED) is 0.856. The molecule has 0 bridgehead atoms. The Morgan fingerprint density at radius 2 is 1.86 bits per heavy atom. The highest BCUT2D eigenvalue weighted by Gasteiger charge is 2.21. The summed E-state index contributed by atoms with van der Waals surface area (Å²) in [6.45, 7) is 1.98. The first-order valence-corrected chi connectivity index (χ1v) is 8.76. The zero-order valence-corrected chi connectivity index (χ0v) is 14.4. The molecule has 0 radical (unpaired) electrons. The highest BCUT2D eigenvalue weighted by atomic mass is 32.2. The standard InChI is InChI=1S/C17H25NO3S/c1-12(22-14-7-5-4-6-8-14)17(19)18-13-9-10-15(20-2)16(11-13)21-3/h9-12,14H,4-8H2,1-3H3,(H,18,19). The highest BCUT2D eigenvalue weighted by Crippen LogP contribution is 2.32. The van der Waals surface area contributed by atoms with E-state index in [1.165, 1.54) is 32.1 Å². The summed E-state index contributed by atoms with van der Waals surface area (Å²) in [5.74, 6) is 1.32. The number of ether oxygens (including phenoxy) is 2. The summed E-state index contributed by atoms with van der Waals surface area (Å²) in [4.78, 5) is 12.3.